The van der Waals surface area contributed by atoms with E-state index in [-0.39, 0.29) is 35.0 Å². The zero-order valence-electron chi connectivity index (χ0n) is 20.4. The Morgan fingerprint density at radius 1 is 1.05 bits per heavy atom. The summed E-state index contributed by atoms with van der Waals surface area (Å²) >= 11 is 5.90. The number of hydrogen-bond acceptors (Lipinski definition) is 9. The molecule has 0 unspecified atom stereocenters. The first-order valence-corrected chi connectivity index (χ1v) is 14.9. The quantitative estimate of drug-likeness (QED) is 0.235. The van der Waals surface area contributed by atoms with Crippen molar-refractivity contribution in [3.63, 3.8) is 0 Å². The molecule has 212 valence electrons. The van der Waals surface area contributed by atoms with E-state index >= 15 is 0 Å². The minimum absolute atomic E-state index is 0.0709. The van der Waals surface area contributed by atoms with Gasteiger partial charge in [-0.25, -0.2) is 22.9 Å². The molecule has 1 amide bonds. The lowest BCUT2D eigenvalue weighted by Gasteiger charge is -2.15. The van der Waals surface area contributed by atoms with Crippen LogP contribution in [0.3, 0.4) is 0 Å². The van der Waals surface area contributed by atoms with E-state index < -0.39 is 55.5 Å². The Hall–Kier alpha value is -2.78. The van der Waals surface area contributed by atoms with Gasteiger partial charge in [-0.05, 0) is 31.0 Å². The van der Waals surface area contributed by atoms with Gasteiger partial charge in [0.05, 0.1) is 17.1 Å². The Balaban J connectivity index is 2.29. The Labute approximate surface area is 223 Å². The van der Waals surface area contributed by atoms with Crippen LogP contribution in [-0.2, 0) is 37.7 Å². The normalized spacial score (nSPS) is 12.2. The monoisotopic (exact) mass is 602 g/mol. The summed E-state index contributed by atoms with van der Waals surface area (Å²) in [7, 11) is -7.89. The number of benzene rings is 1. The fourth-order valence-electron chi connectivity index (χ4n) is 2.89. The van der Waals surface area contributed by atoms with Crippen molar-refractivity contribution in [2.75, 3.05) is 11.5 Å². The van der Waals surface area contributed by atoms with Crippen LogP contribution in [0.2, 0.25) is 5.02 Å². The maximum atomic E-state index is 12.9. The van der Waals surface area contributed by atoms with Crippen molar-refractivity contribution in [2.45, 2.75) is 52.3 Å². The van der Waals surface area contributed by atoms with Gasteiger partial charge in [-0.15, -0.1) is 0 Å². The summed E-state index contributed by atoms with van der Waals surface area (Å²) in [6, 6.07) is 4.15. The first-order valence-electron chi connectivity index (χ1n) is 11.3. The standard InChI is InChI=1S/C22H26ClF3N2O8S2/c1-3-5-6-10-37(30,31)28-21(29)34-14-15-7-8-17(36-38(32,33)9-4-2)12-19(15)35-20-18(23)11-16(13-27-20)22(24,25)26/h7-8,11-13H,3-6,9-10,14H2,1-2H3,(H,28,29). The molecule has 1 N–H and O–H groups in total. The number of carbonyl (C=O) groups is 1. The van der Waals surface area contributed by atoms with E-state index in [0.29, 0.717) is 25.1 Å². The summed E-state index contributed by atoms with van der Waals surface area (Å²) in [4.78, 5) is 15.6. The van der Waals surface area contributed by atoms with Gasteiger partial charge in [0.2, 0.25) is 15.9 Å². The number of unbranched alkanes of at least 4 members (excludes halogenated alkanes) is 2. The van der Waals surface area contributed by atoms with Gasteiger partial charge in [-0.2, -0.15) is 21.6 Å². The topological polar surface area (TPSA) is 138 Å². The number of amides is 1. The van der Waals surface area contributed by atoms with Gasteiger partial charge in [0.15, 0.2) is 0 Å². The second kappa shape index (κ2) is 13.3. The van der Waals surface area contributed by atoms with Crippen LogP contribution >= 0.6 is 11.6 Å². The Bertz CT molecular complexity index is 1340. The predicted molar refractivity (Wildman–Crippen MR) is 132 cm³/mol. The maximum absolute atomic E-state index is 12.9. The van der Waals surface area contributed by atoms with Gasteiger partial charge >= 0.3 is 22.4 Å². The van der Waals surface area contributed by atoms with E-state index in [4.69, 9.17) is 25.3 Å². The first kappa shape index (κ1) is 31.4. The van der Waals surface area contributed by atoms with Crippen LogP contribution in [0.15, 0.2) is 30.5 Å². The molecule has 0 spiro atoms. The molecule has 2 aromatic rings. The zero-order chi connectivity index (χ0) is 28.6. The van der Waals surface area contributed by atoms with Crippen LogP contribution in [0, 0.1) is 0 Å². The third-order valence-corrected chi connectivity index (χ3v) is 7.60. The Morgan fingerprint density at radius 3 is 2.37 bits per heavy atom. The van der Waals surface area contributed by atoms with E-state index in [1.54, 1.807) is 11.6 Å². The van der Waals surface area contributed by atoms with Crippen LogP contribution < -0.4 is 13.6 Å². The molecule has 0 radical (unpaired) electrons. The van der Waals surface area contributed by atoms with Gasteiger partial charge in [-0.3, -0.25) is 0 Å². The van der Waals surface area contributed by atoms with E-state index in [2.05, 4.69) is 4.98 Å². The number of alkyl halides is 3. The fraction of sp³-hybridized carbons (Fsp3) is 0.455. The molecular formula is C22H26ClF3N2O8S2. The highest BCUT2D eigenvalue weighted by Gasteiger charge is 2.32. The maximum Gasteiger partial charge on any atom is 0.421 e. The molecule has 0 aliphatic heterocycles. The van der Waals surface area contributed by atoms with Crippen molar-refractivity contribution in [1.29, 1.82) is 0 Å². The highest BCUT2D eigenvalue weighted by atomic mass is 35.5. The smallest absolute Gasteiger partial charge is 0.421 e. The number of ether oxygens (including phenoxy) is 2. The second-order valence-corrected chi connectivity index (χ2v) is 11.9. The number of pyridine rings is 1. The van der Waals surface area contributed by atoms with Crippen molar-refractivity contribution in [3.8, 4) is 17.4 Å². The third kappa shape index (κ3) is 10.2. The summed E-state index contributed by atoms with van der Waals surface area (Å²) in [6.45, 7) is 2.95. The van der Waals surface area contributed by atoms with Crippen molar-refractivity contribution in [3.05, 3.63) is 46.6 Å². The zero-order valence-corrected chi connectivity index (χ0v) is 22.8. The highest BCUT2D eigenvalue weighted by molar-refractivity contribution is 7.90. The minimum atomic E-state index is -4.71. The average Bonchev–Trinajstić information content (AvgIpc) is 2.78. The van der Waals surface area contributed by atoms with Crippen LogP contribution in [0.5, 0.6) is 17.4 Å². The second-order valence-electron chi connectivity index (χ2n) is 7.93. The van der Waals surface area contributed by atoms with Gasteiger partial charge < -0.3 is 13.7 Å². The number of aromatic nitrogens is 1. The minimum Gasteiger partial charge on any atom is -0.444 e. The molecule has 0 aliphatic rings. The van der Waals surface area contributed by atoms with Crippen molar-refractivity contribution in [1.82, 2.24) is 9.71 Å². The molecule has 10 nitrogen and oxygen atoms in total. The number of halogens is 4. The van der Waals surface area contributed by atoms with Crippen LogP contribution in [0.1, 0.15) is 50.7 Å². The molecule has 0 bridgehead atoms. The predicted octanol–water partition coefficient (Wildman–Crippen LogP) is 5.41. The van der Waals surface area contributed by atoms with Crippen molar-refractivity contribution < 1.29 is 48.5 Å². The molecule has 0 atom stereocenters. The van der Waals surface area contributed by atoms with E-state index in [9.17, 15) is 34.8 Å². The lowest BCUT2D eigenvalue weighted by Crippen LogP contribution is -2.33. The molecule has 38 heavy (non-hydrogen) atoms. The lowest BCUT2D eigenvalue weighted by atomic mass is 10.2. The van der Waals surface area contributed by atoms with E-state index in [1.165, 1.54) is 12.1 Å². The molecule has 0 aliphatic carbocycles. The molecule has 0 fully saturated rings. The Morgan fingerprint density at radius 2 is 1.76 bits per heavy atom. The lowest BCUT2D eigenvalue weighted by molar-refractivity contribution is -0.137. The molecule has 16 heteroatoms. The number of sulfonamides is 1. The van der Waals surface area contributed by atoms with E-state index in [1.807, 2.05) is 6.92 Å². The van der Waals surface area contributed by atoms with Crippen molar-refractivity contribution >= 4 is 37.8 Å². The molecule has 1 aromatic heterocycles. The number of nitrogens with one attached hydrogen (secondary N) is 1. The average molecular weight is 603 g/mol. The molecular weight excluding hydrogens is 577 g/mol. The van der Waals surface area contributed by atoms with Crippen LogP contribution in [0.4, 0.5) is 18.0 Å². The van der Waals surface area contributed by atoms with Gasteiger partial charge in [-0.1, -0.05) is 38.3 Å². The first-order chi connectivity index (χ1) is 17.7. The van der Waals surface area contributed by atoms with Gasteiger partial charge in [0.25, 0.3) is 0 Å². The fourth-order valence-corrected chi connectivity index (χ4v) is 5.08. The molecule has 0 saturated carbocycles. The molecule has 1 aromatic carbocycles. The number of rotatable bonds is 13. The summed E-state index contributed by atoms with van der Waals surface area (Å²) in [5, 5.41) is -0.507. The van der Waals surface area contributed by atoms with Crippen LogP contribution in [0.25, 0.3) is 0 Å². The SMILES string of the molecule is CCCCCS(=O)(=O)NC(=O)OCc1ccc(OS(=O)(=O)CCC)cc1Oc1ncc(C(F)(F)F)cc1Cl. The van der Waals surface area contributed by atoms with E-state index in [0.717, 1.165) is 12.5 Å². The summed E-state index contributed by atoms with van der Waals surface area (Å²) in [6.07, 6.45) is -3.44. The van der Waals surface area contributed by atoms with Gasteiger partial charge in [0.1, 0.15) is 23.1 Å². The highest BCUT2D eigenvalue weighted by Crippen LogP contribution is 2.36. The Kier molecular flexibility index (Phi) is 11.0. The molecule has 2 rings (SSSR count). The van der Waals surface area contributed by atoms with Gasteiger partial charge in [0, 0.05) is 17.8 Å². The molecule has 1 heterocycles. The van der Waals surface area contributed by atoms with Crippen molar-refractivity contribution in [2.24, 2.45) is 0 Å². The summed E-state index contributed by atoms with van der Waals surface area (Å²) < 4.78 is 104. The molecule has 0 saturated heterocycles. The third-order valence-electron chi connectivity index (χ3n) is 4.67. The summed E-state index contributed by atoms with van der Waals surface area (Å²) in [5.74, 6) is -1.45. The number of carbonyl (C=O) groups excluding carboxylic acids is 1. The number of hydrogen-bond donors (Lipinski definition) is 1. The largest absolute Gasteiger partial charge is 0.444 e. The number of nitrogens with zero attached hydrogens (tertiary/aromatic N) is 1. The van der Waals surface area contributed by atoms with Crippen LogP contribution in [-0.4, -0.2) is 39.4 Å². The summed E-state index contributed by atoms with van der Waals surface area (Å²) in [5.41, 5.74) is -1.06.